The Kier molecular flexibility index (Phi) is 6.92. The van der Waals surface area contributed by atoms with Crippen molar-refractivity contribution in [2.75, 3.05) is 6.61 Å². The molecule has 27 heavy (non-hydrogen) atoms. The molecule has 1 fully saturated rings. The van der Waals surface area contributed by atoms with E-state index < -0.39 is 73.8 Å². The number of aliphatic hydroxyl groups is 4. The molecule has 0 unspecified atom stereocenters. The first-order valence-electron chi connectivity index (χ1n) is 8.10. The van der Waals surface area contributed by atoms with Crippen LogP contribution in [0.5, 0.6) is 0 Å². The third-order valence-electron chi connectivity index (χ3n) is 4.54. The van der Waals surface area contributed by atoms with Gasteiger partial charge in [0.2, 0.25) is 6.29 Å². The molecular weight excluding hydrogens is 368 g/mol. The Morgan fingerprint density at radius 3 is 2.33 bits per heavy atom. The fourth-order valence-corrected chi connectivity index (χ4v) is 3.07. The molecule has 0 saturated carbocycles. The molecule has 11 heteroatoms. The Balaban J connectivity index is 2.23. The monoisotopic (exact) mass is 390 g/mol. The van der Waals surface area contributed by atoms with Gasteiger partial charge in [-0.1, -0.05) is 6.08 Å². The number of hydrogen-bond acceptors (Lipinski definition) is 9. The summed E-state index contributed by atoms with van der Waals surface area (Å²) in [6.07, 6.45) is -7.39. The van der Waals surface area contributed by atoms with Crippen molar-refractivity contribution in [3.63, 3.8) is 0 Å². The number of carbonyl (C=O) groups is 2. The Bertz CT molecular complexity index is 601. The minimum absolute atomic E-state index is 0.282. The van der Waals surface area contributed by atoms with Gasteiger partial charge in [0.25, 0.3) is 0 Å². The highest BCUT2D eigenvalue weighted by molar-refractivity contribution is 5.88. The second kappa shape index (κ2) is 8.78. The zero-order valence-electron chi connectivity index (χ0n) is 14.1. The van der Waals surface area contributed by atoms with Crippen LogP contribution in [-0.4, -0.2) is 86.2 Å². The van der Waals surface area contributed by atoms with E-state index in [-0.39, 0.29) is 5.57 Å². The first kappa shape index (κ1) is 21.3. The average Bonchev–Trinajstić information content (AvgIpc) is 2.61. The van der Waals surface area contributed by atoms with E-state index in [1.807, 2.05) is 0 Å². The van der Waals surface area contributed by atoms with Crippen LogP contribution in [0.2, 0.25) is 0 Å². The van der Waals surface area contributed by atoms with E-state index in [2.05, 4.69) is 6.58 Å². The Hall–Kier alpha value is -2.02. The number of hydrogen-bond donors (Lipinski definition) is 6. The molecule has 0 amide bonds. The zero-order chi connectivity index (χ0) is 20.3. The lowest BCUT2D eigenvalue weighted by Crippen LogP contribution is -2.60. The molecule has 0 aromatic heterocycles. The molecule has 2 aliphatic heterocycles. The molecule has 8 atom stereocenters. The van der Waals surface area contributed by atoms with Crippen LogP contribution >= 0.6 is 0 Å². The van der Waals surface area contributed by atoms with Crippen molar-refractivity contribution in [3.8, 4) is 0 Å². The fraction of sp³-hybridized carbons (Fsp3) is 0.625. The molecule has 0 aromatic carbocycles. The highest BCUT2D eigenvalue weighted by atomic mass is 16.8. The number of aliphatic hydroxyl groups excluding tert-OH is 4. The van der Waals surface area contributed by atoms with Gasteiger partial charge < -0.3 is 44.8 Å². The zero-order valence-corrected chi connectivity index (χ0v) is 14.1. The first-order chi connectivity index (χ1) is 12.7. The maximum Gasteiger partial charge on any atom is 0.335 e. The molecule has 6 N–H and O–H groups in total. The van der Waals surface area contributed by atoms with E-state index in [4.69, 9.17) is 19.3 Å². The van der Waals surface area contributed by atoms with Crippen molar-refractivity contribution in [2.45, 2.75) is 43.4 Å². The number of rotatable bonds is 7. The summed E-state index contributed by atoms with van der Waals surface area (Å²) in [6, 6.07) is 0. The molecule has 152 valence electrons. The summed E-state index contributed by atoms with van der Waals surface area (Å²) in [6.45, 7) is 2.89. The molecule has 2 heterocycles. The fourth-order valence-electron chi connectivity index (χ4n) is 3.07. The van der Waals surface area contributed by atoms with Gasteiger partial charge in [-0.05, 0) is 0 Å². The van der Waals surface area contributed by atoms with E-state index in [0.29, 0.717) is 0 Å². The number of carboxylic acids is 2. The van der Waals surface area contributed by atoms with Crippen LogP contribution in [-0.2, 0) is 23.8 Å². The maximum absolute atomic E-state index is 11.3. The van der Waals surface area contributed by atoms with Gasteiger partial charge in [0.1, 0.15) is 24.4 Å². The van der Waals surface area contributed by atoms with Gasteiger partial charge >= 0.3 is 11.9 Å². The van der Waals surface area contributed by atoms with Gasteiger partial charge in [-0.25, -0.2) is 4.79 Å². The van der Waals surface area contributed by atoms with E-state index >= 15 is 0 Å². The number of carboxylic acid groups (broad SMARTS) is 2. The average molecular weight is 390 g/mol. The third kappa shape index (κ3) is 4.46. The normalized spacial score (nSPS) is 39.2. The summed E-state index contributed by atoms with van der Waals surface area (Å²) in [4.78, 5) is 22.5. The van der Waals surface area contributed by atoms with Crippen molar-refractivity contribution in [1.82, 2.24) is 0 Å². The molecule has 0 spiro atoms. The smallest absolute Gasteiger partial charge is 0.335 e. The lowest BCUT2D eigenvalue weighted by atomic mass is 9.81. The molecule has 0 aliphatic carbocycles. The summed E-state index contributed by atoms with van der Waals surface area (Å²) < 4.78 is 15.9. The summed E-state index contributed by atoms with van der Waals surface area (Å²) in [5, 5.41) is 57.1. The predicted octanol–water partition coefficient (Wildman–Crippen LogP) is -1.98. The van der Waals surface area contributed by atoms with Gasteiger partial charge in [-0.3, -0.25) is 4.79 Å². The Labute approximate surface area is 153 Å². The minimum atomic E-state index is -1.69. The first-order valence-corrected chi connectivity index (χ1v) is 8.10. The van der Waals surface area contributed by atoms with Gasteiger partial charge in [-0.2, -0.15) is 0 Å². The topological polar surface area (TPSA) is 183 Å². The van der Waals surface area contributed by atoms with E-state index in [1.165, 1.54) is 6.08 Å². The molecule has 11 nitrogen and oxygen atoms in total. The van der Waals surface area contributed by atoms with Gasteiger partial charge in [0, 0.05) is 11.8 Å². The van der Waals surface area contributed by atoms with Crippen molar-refractivity contribution in [2.24, 2.45) is 11.8 Å². The van der Waals surface area contributed by atoms with Crippen LogP contribution in [0.25, 0.3) is 0 Å². The van der Waals surface area contributed by atoms with E-state index in [0.717, 1.165) is 6.26 Å². The highest BCUT2D eigenvalue weighted by Gasteiger charge is 2.47. The van der Waals surface area contributed by atoms with Crippen LogP contribution in [0.1, 0.15) is 6.42 Å². The lowest BCUT2D eigenvalue weighted by molar-refractivity contribution is -0.339. The molecule has 2 aliphatic rings. The summed E-state index contributed by atoms with van der Waals surface area (Å²) >= 11 is 0. The van der Waals surface area contributed by atoms with Crippen molar-refractivity contribution >= 4 is 11.9 Å². The van der Waals surface area contributed by atoms with Crippen molar-refractivity contribution in [1.29, 1.82) is 0 Å². The van der Waals surface area contributed by atoms with Gasteiger partial charge in [-0.15, -0.1) is 6.58 Å². The van der Waals surface area contributed by atoms with Crippen LogP contribution in [0.4, 0.5) is 0 Å². The standard InChI is InChI=1S/C16H22O11/c1-2-6-7(3-10(18)19)8(14(23)24)5-25-15(6)27-16-13(22)12(21)11(20)9(4-17)26-16/h2,5-7,9,11-13,15-17,20-22H,1,3-4H2,(H,18,19)(H,23,24)/t6-,7+,9+,11-,12-,13-,15-,16-/m1/s1. The Morgan fingerprint density at radius 1 is 1.15 bits per heavy atom. The summed E-state index contributed by atoms with van der Waals surface area (Å²) in [5.74, 6) is -4.56. The highest BCUT2D eigenvalue weighted by Crippen LogP contribution is 2.36. The number of ether oxygens (including phenoxy) is 3. The van der Waals surface area contributed by atoms with Gasteiger partial charge in [0.15, 0.2) is 6.29 Å². The van der Waals surface area contributed by atoms with Crippen LogP contribution in [0.15, 0.2) is 24.5 Å². The van der Waals surface area contributed by atoms with Crippen molar-refractivity contribution in [3.05, 3.63) is 24.5 Å². The molecule has 2 rings (SSSR count). The van der Waals surface area contributed by atoms with Crippen molar-refractivity contribution < 1.29 is 54.4 Å². The van der Waals surface area contributed by atoms with Crippen LogP contribution in [0.3, 0.4) is 0 Å². The summed E-state index contributed by atoms with van der Waals surface area (Å²) in [5.41, 5.74) is -0.282. The van der Waals surface area contributed by atoms with E-state index in [9.17, 15) is 35.1 Å². The molecule has 1 saturated heterocycles. The third-order valence-corrected chi connectivity index (χ3v) is 4.54. The molecular formula is C16H22O11. The predicted molar refractivity (Wildman–Crippen MR) is 84.9 cm³/mol. The number of aliphatic carboxylic acids is 2. The van der Waals surface area contributed by atoms with Crippen LogP contribution < -0.4 is 0 Å². The Morgan fingerprint density at radius 2 is 1.81 bits per heavy atom. The second-order valence-corrected chi connectivity index (χ2v) is 6.23. The van der Waals surface area contributed by atoms with E-state index in [1.54, 1.807) is 0 Å². The van der Waals surface area contributed by atoms with Crippen LogP contribution in [0, 0.1) is 11.8 Å². The maximum atomic E-state index is 11.3. The lowest BCUT2D eigenvalue weighted by Gasteiger charge is -2.42. The molecule has 0 bridgehead atoms. The van der Waals surface area contributed by atoms with Gasteiger partial charge in [0.05, 0.1) is 24.9 Å². The quantitative estimate of drug-likeness (QED) is 0.265. The molecule has 0 radical (unpaired) electrons. The SMILES string of the molecule is C=C[C@H]1[C@@H](O[C@H]2O[C@@H](CO)[C@@H](O)[C@@H](O)[C@H]2O)OC=C(C(=O)O)[C@H]1CC(=O)O. The minimum Gasteiger partial charge on any atom is -0.481 e. The largest absolute Gasteiger partial charge is 0.481 e. The second-order valence-electron chi connectivity index (χ2n) is 6.23. The molecule has 0 aromatic rings. The summed E-state index contributed by atoms with van der Waals surface area (Å²) in [7, 11) is 0.